The minimum absolute atomic E-state index is 0.267. The van der Waals surface area contributed by atoms with Crippen LogP contribution in [0.2, 0.25) is 0 Å². The summed E-state index contributed by atoms with van der Waals surface area (Å²) in [7, 11) is 0. The Balaban J connectivity index is 2.35. The van der Waals surface area contributed by atoms with Gasteiger partial charge in [0.2, 0.25) is 0 Å². The molecule has 0 saturated carbocycles. The monoisotopic (exact) mass is 281 g/mol. The number of nitrogens with zero attached hydrogens (tertiary/aromatic N) is 1. The molecule has 0 bridgehead atoms. The van der Waals surface area contributed by atoms with Gasteiger partial charge in [0.25, 0.3) is 0 Å². The number of alkyl halides is 1. The molecule has 0 fully saturated rings. The van der Waals surface area contributed by atoms with Crippen LogP contribution in [-0.2, 0) is 5.41 Å². The lowest BCUT2D eigenvalue weighted by Gasteiger charge is -2.31. The molecule has 0 N–H and O–H groups in total. The van der Waals surface area contributed by atoms with Gasteiger partial charge in [-0.25, -0.2) is 0 Å². The fraction of sp³-hybridized carbons (Fsp3) is 0.571. The molecule has 1 aliphatic rings. The van der Waals surface area contributed by atoms with Crippen molar-refractivity contribution in [2.75, 3.05) is 16.8 Å². The molecule has 0 amide bonds. The summed E-state index contributed by atoms with van der Waals surface area (Å²) < 4.78 is 0. The summed E-state index contributed by atoms with van der Waals surface area (Å²) >= 11 is 3.52. The van der Waals surface area contributed by atoms with Gasteiger partial charge < -0.3 is 4.90 Å². The number of para-hydroxylation sites is 1. The summed E-state index contributed by atoms with van der Waals surface area (Å²) in [6.45, 7) is 8.19. The fourth-order valence-electron chi connectivity index (χ4n) is 2.64. The minimum Gasteiger partial charge on any atom is -0.368 e. The van der Waals surface area contributed by atoms with Crippen molar-refractivity contribution >= 4 is 21.6 Å². The highest BCUT2D eigenvalue weighted by molar-refractivity contribution is 9.09. The van der Waals surface area contributed by atoms with Crippen LogP contribution in [0.15, 0.2) is 24.3 Å². The number of hydrogen-bond donors (Lipinski definition) is 0. The minimum atomic E-state index is 0.267. The van der Waals surface area contributed by atoms with Crippen molar-refractivity contribution in [2.45, 2.75) is 38.6 Å². The predicted octanol–water partition coefficient (Wildman–Crippen LogP) is 3.96. The van der Waals surface area contributed by atoms with Gasteiger partial charge in [-0.3, -0.25) is 0 Å². The summed E-state index contributed by atoms with van der Waals surface area (Å²) in [6, 6.07) is 9.42. The third-order valence-corrected chi connectivity index (χ3v) is 4.51. The molecule has 0 aromatic heterocycles. The van der Waals surface area contributed by atoms with Gasteiger partial charge in [-0.15, -0.1) is 0 Å². The first-order valence-electron chi connectivity index (χ1n) is 6.01. The Morgan fingerprint density at radius 3 is 2.69 bits per heavy atom. The molecular weight excluding hydrogens is 262 g/mol. The zero-order chi connectivity index (χ0) is 11.8. The molecule has 1 aliphatic heterocycles. The predicted molar refractivity (Wildman–Crippen MR) is 74.7 cm³/mol. The smallest absolute Gasteiger partial charge is 0.0407 e. The topological polar surface area (TPSA) is 3.24 Å². The first-order chi connectivity index (χ1) is 7.59. The molecule has 0 aliphatic carbocycles. The van der Waals surface area contributed by atoms with E-state index in [4.69, 9.17) is 0 Å². The maximum Gasteiger partial charge on any atom is 0.0407 e. The van der Waals surface area contributed by atoms with Crippen molar-refractivity contribution in [3.05, 3.63) is 29.8 Å². The van der Waals surface area contributed by atoms with Gasteiger partial charge in [0.05, 0.1) is 0 Å². The van der Waals surface area contributed by atoms with E-state index in [0.29, 0.717) is 6.04 Å². The van der Waals surface area contributed by atoms with Crippen LogP contribution in [0.1, 0.15) is 32.8 Å². The van der Waals surface area contributed by atoms with Crippen LogP contribution in [0.4, 0.5) is 5.69 Å². The zero-order valence-electron chi connectivity index (χ0n) is 10.3. The number of benzene rings is 1. The van der Waals surface area contributed by atoms with Gasteiger partial charge in [-0.2, -0.15) is 0 Å². The maximum absolute atomic E-state index is 3.52. The van der Waals surface area contributed by atoms with Crippen molar-refractivity contribution in [3.8, 4) is 0 Å². The Morgan fingerprint density at radius 2 is 2.00 bits per heavy atom. The average molecular weight is 282 g/mol. The van der Waals surface area contributed by atoms with Crippen LogP contribution in [0.5, 0.6) is 0 Å². The highest BCUT2D eigenvalue weighted by Gasteiger charge is 2.40. The third-order valence-electron chi connectivity index (χ3n) is 3.95. The molecule has 2 rings (SSSR count). The summed E-state index contributed by atoms with van der Waals surface area (Å²) in [5.74, 6) is 0. The van der Waals surface area contributed by atoms with E-state index >= 15 is 0 Å². The van der Waals surface area contributed by atoms with Gasteiger partial charge in [-0.05, 0) is 25.0 Å². The van der Waals surface area contributed by atoms with Crippen LogP contribution in [0.3, 0.4) is 0 Å². The molecular formula is C14H20BrN. The van der Waals surface area contributed by atoms with Gasteiger partial charge in [0, 0.05) is 29.0 Å². The van der Waals surface area contributed by atoms with Crippen molar-refractivity contribution in [1.29, 1.82) is 0 Å². The Morgan fingerprint density at radius 1 is 1.31 bits per heavy atom. The van der Waals surface area contributed by atoms with E-state index in [9.17, 15) is 0 Å². The summed E-state index contributed by atoms with van der Waals surface area (Å²) in [6.07, 6.45) is 1.20. The third kappa shape index (κ3) is 1.77. The Labute approximate surface area is 107 Å². The summed E-state index contributed by atoms with van der Waals surface area (Å²) in [5.41, 5.74) is 3.20. The second-order valence-electron chi connectivity index (χ2n) is 5.15. The molecule has 1 nitrogen and oxygen atoms in total. The van der Waals surface area contributed by atoms with Crippen LogP contribution in [0.25, 0.3) is 0 Å². The standard InChI is InChI=1S/C14H20BrN/c1-11-14(2,3)12-7-4-5-8-13(12)16(11)10-6-9-15/h4-5,7-8,11H,6,9-10H2,1-3H3. The first kappa shape index (κ1) is 12.0. The van der Waals surface area contributed by atoms with Crippen LogP contribution >= 0.6 is 15.9 Å². The van der Waals surface area contributed by atoms with Gasteiger partial charge >= 0.3 is 0 Å². The van der Waals surface area contributed by atoms with Crippen molar-refractivity contribution < 1.29 is 0 Å². The molecule has 1 aromatic rings. The maximum atomic E-state index is 3.52. The summed E-state index contributed by atoms with van der Waals surface area (Å²) in [4.78, 5) is 2.55. The van der Waals surface area contributed by atoms with Gasteiger partial charge in [0.15, 0.2) is 0 Å². The lowest BCUT2D eigenvalue weighted by molar-refractivity contribution is 0.441. The molecule has 1 atom stereocenters. The average Bonchev–Trinajstić information content (AvgIpc) is 2.47. The highest BCUT2D eigenvalue weighted by Crippen LogP contribution is 2.44. The SMILES string of the molecule is CC1N(CCCBr)c2ccccc2C1(C)C. The van der Waals surface area contributed by atoms with E-state index in [-0.39, 0.29) is 5.41 Å². The van der Waals surface area contributed by atoms with Crippen molar-refractivity contribution in [1.82, 2.24) is 0 Å². The van der Waals surface area contributed by atoms with E-state index < -0.39 is 0 Å². The van der Waals surface area contributed by atoms with Gasteiger partial charge in [0.1, 0.15) is 0 Å². The fourth-order valence-corrected chi connectivity index (χ4v) is 2.89. The van der Waals surface area contributed by atoms with Crippen LogP contribution in [-0.4, -0.2) is 17.9 Å². The van der Waals surface area contributed by atoms with Crippen LogP contribution in [0, 0.1) is 0 Å². The lowest BCUT2D eigenvalue weighted by Crippen LogP contribution is -2.39. The lowest BCUT2D eigenvalue weighted by atomic mass is 9.81. The molecule has 2 heteroatoms. The molecule has 16 heavy (non-hydrogen) atoms. The Hall–Kier alpha value is -0.500. The molecule has 0 radical (unpaired) electrons. The van der Waals surface area contributed by atoms with E-state index in [1.807, 2.05) is 0 Å². The van der Waals surface area contributed by atoms with E-state index in [2.05, 4.69) is 65.9 Å². The van der Waals surface area contributed by atoms with Crippen molar-refractivity contribution in [3.63, 3.8) is 0 Å². The molecule has 1 unspecified atom stereocenters. The number of fused-ring (bicyclic) bond motifs is 1. The zero-order valence-corrected chi connectivity index (χ0v) is 11.9. The molecule has 1 aromatic carbocycles. The molecule has 1 heterocycles. The number of anilines is 1. The van der Waals surface area contributed by atoms with E-state index in [1.165, 1.54) is 17.7 Å². The Bertz CT molecular complexity index is 373. The van der Waals surface area contributed by atoms with E-state index in [0.717, 1.165) is 11.9 Å². The highest BCUT2D eigenvalue weighted by atomic mass is 79.9. The van der Waals surface area contributed by atoms with Gasteiger partial charge in [-0.1, -0.05) is 48.0 Å². The Kier molecular flexibility index (Phi) is 3.29. The second kappa shape index (κ2) is 4.40. The quantitative estimate of drug-likeness (QED) is 0.759. The second-order valence-corrected chi connectivity index (χ2v) is 5.94. The molecule has 0 saturated heterocycles. The van der Waals surface area contributed by atoms with E-state index in [1.54, 1.807) is 0 Å². The summed E-state index contributed by atoms with van der Waals surface area (Å²) in [5, 5.41) is 1.08. The first-order valence-corrected chi connectivity index (χ1v) is 7.13. The van der Waals surface area contributed by atoms with Crippen molar-refractivity contribution in [2.24, 2.45) is 0 Å². The number of rotatable bonds is 3. The molecule has 88 valence electrons. The largest absolute Gasteiger partial charge is 0.368 e. The normalized spacial score (nSPS) is 22.2. The van der Waals surface area contributed by atoms with Crippen LogP contribution < -0.4 is 4.90 Å². The number of hydrogen-bond acceptors (Lipinski definition) is 1. The molecule has 0 spiro atoms. The number of halogens is 1.